The molecule has 0 N–H and O–H groups in total. The van der Waals surface area contributed by atoms with Crippen molar-refractivity contribution >= 4 is 8.07 Å². The van der Waals surface area contributed by atoms with E-state index in [0.717, 1.165) is 0 Å². The van der Waals surface area contributed by atoms with Crippen molar-refractivity contribution in [3.63, 3.8) is 0 Å². The molecule has 0 heterocycles. The van der Waals surface area contributed by atoms with Crippen LogP contribution >= 0.6 is 0 Å². The van der Waals surface area contributed by atoms with Gasteiger partial charge < -0.3 is 0 Å². The predicted octanol–water partition coefficient (Wildman–Crippen LogP) is 4.46. The first-order valence-electron chi connectivity index (χ1n) is 5.26. The summed E-state index contributed by atoms with van der Waals surface area (Å²) in [6, 6.07) is 5.77. The molecule has 0 amide bonds. The van der Waals surface area contributed by atoms with Crippen molar-refractivity contribution in [1.29, 1.82) is 0 Å². The van der Waals surface area contributed by atoms with Crippen molar-refractivity contribution in [2.75, 3.05) is 0 Å². The summed E-state index contributed by atoms with van der Waals surface area (Å²) >= 11 is 0. The van der Waals surface area contributed by atoms with Gasteiger partial charge in [-0.1, -0.05) is 50.6 Å². The van der Waals surface area contributed by atoms with E-state index in [1.807, 2.05) is 0 Å². The Morgan fingerprint density at radius 2 is 1.50 bits per heavy atom. The molecule has 0 fully saturated rings. The first-order valence-corrected chi connectivity index (χ1v) is 8.08. The summed E-state index contributed by atoms with van der Waals surface area (Å²) < 4.78 is 0. The van der Waals surface area contributed by atoms with Crippen LogP contribution in [0.4, 0.5) is 0 Å². The molecule has 0 aliphatic carbocycles. The normalized spacial score (nSPS) is 13.6. The second-order valence-electron chi connectivity index (χ2n) is 3.87. The minimum atomic E-state index is -0.870. The van der Waals surface area contributed by atoms with Crippen molar-refractivity contribution in [2.24, 2.45) is 0 Å². The lowest BCUT2D eigenvalue weighted by Gasteiger charge is -2.28. The summed E-state index contributed by atoms with van der Waals surface area (Å²) in [5, 5.41) is 0. The average molecular weight is 184 g/mol. The van der Waals surface area contributed by atoms with Crippen LogP contribution in [0, 0.1) is 0 Å². The number of hydrogen-bond donors (Lipinski definition) is 0. The van der Waals surface area contributed by atoms with Crippen LogP contribution in [0.3, 0.4) is 0 Å². The van der Waals surface area contributed by atoms with Gasteiger partial charge in [0.05, 0.1) is 8.07 Å². The van der Waals surface area contributed by atoms with Gasteiger partial charge >= 0.3 is 0 Å². The molecule has 72 valence electrons. The highest BCUT2D eigenvalue weighted by atomic mass is 28.3. The third kappa shape index (κ3) is 3.14. The van der Waals surface area contributed by atoms with Gasteiger partial charge in [0.25, 0.3) is 0 Å². The molecule has 0 radical (unpaired) electrons. The van der Waals surface area contributed by atoms with Gasteiger partial charge in [0.2, 0.25) is 0 Å². The first kappa shape index (κ1) is 12.0. The highest BCUT2D eigenvalue weighted by molar-refractivity contribution is 6.80. The van der Waals surface area contributed by atoms with Gasteiger partial charge in [0.1, 0.15) is 0 Å². The summed E-state index contributed by atoms with van der Waals surface area (Å²) in [5.41, 5.74) is 1.60. The third-order valence-electron chi connectivity index (χ3n) is 3.40. The lowest BCUT2D eigenvalue weighted by molar-refractivity contribution is 1.11. The van der Waals surface area contributed by atoms with E-state index in [2.05, 4.69) is 40.7 Å². The standard InChI is InChI=1S/C11H24Si/c1-6-11(5)10-12(7-2,8-3)9-4/h6H,7-10H2,1-5H3/b11-6-. The number of allylic oxidation sites excluding steroid dienone is 2. The average Bonchev–Trinajstić information content (AvgIpc) is 2.14. The van der Waals surface area contributed by atoms with Crippen molar-refractivity contribution in [2.45, 2.75) is 58.8 Å². The maximum atomic E-state index is 2.38. The van der Waals surface area contributed by atoms with Crippen molar-refractivity contribution < 1.29 is 0 Å². The molecular formula is C11H24Si. The molecule has 0 aliphatic rings. The van der Waals surface area contributed by atoms with E-state index in [0.29, 0.717) is 0 Å². The fourth-order valence-electron chi connectivity index (χ4n) is 1.82. The lowest BCUT2D eigenvalue weighted by atomic mass is 10.3. The van der Waals surface area contributed by atoms with E-state index in [4.69, 9.17) is 0 Å². The van der Waals surface area contributed by atoms with Gasteiger partial charge in [-0.05, 0) is 19.9 Å². The first-order chi connectivity index (χ1) is 5.64. The molecule has 0 unspecified atom stereocenters. The Bertz CT molecular complexity index is 135. The predicted molar refractivity (Wildman–Crippen MR) is 61.4 cm³/mol. The topological polar surface area (TPSA) is 0 Å². The molecule has 1 heteroatoms. The zero-order valence-electron chi connectivity index (χ0n) is 9.41. The van der Waals surface area contributed by atoms with Gasteiger partial charge in [-0.15, -0.1) is 0 Å². The Morgan fingerprint density at radius 1 is 1.08 bits per heavy atom. The highest BCUT2D eigenvalue weighted by Gasteiger charge is 2.26. The molecule has 0 spiro atoms. The zero-order valence-corrected chi connectivity index (χ0v) is 10.4. The van der Waals surface area contributed by atoms with Crippen molar-refractivity contribution in [3.05, 3.63) is 11.6 Å². The third-order valence-corrected chi connectivity index (χ3v) is 9.20. The minimum Gasteiger partial charge on any atom is -0.0890 e. The Balaban J connectivity index is 4.30. The number of rotatable bonds is 5. The molecule has 0 atom stereocenters. The summed E-state index contributed by atoms with van der Waals surface area (Å²) in [4.78, 5) is 0. The summed E-state index contributed by atoms with van der Waals surface area (Å²) in [6.45, 7) is 11.6. The van der Waals surface area contributed by atoms with Crippen molar-refractivity contribution in [3.8, 4) is 0 Å². The molecule has 0 aliphatic heterocycles. The summed E-state index contributed by atoms with van der Waals surface area (Å²) in [6.07, 6.45) is 2.28. The van der Waals surface area contributed by atoms with Crippen LogP contribution < -0.4 is 0 Å². The van der Waals surface area contributed by atoms with Gasteiger partial charge in [0, 0.05) is 0 Å². The van der Waals surface area contributed by atoms with Gasteiger partial charge in [-0.25, -0.2) is 0 Å². The molecule has 0 aromatic carbocycles. The summed E-state index contributed by atoms with van der Waals surface area (Å²) in [7, 11) is -0.870. The second-order valence-corrected chi connectivity index (χ2v) is 9.35. The maximum Gasteiger partial charge on any atom is 0.0567 e. The fraction of sp³-hybridized carbons (Fsp3) is 0.818. The quantitative estimate of drug-likeness (QED) is 0.437. The largest absolute Gasteiger partial charge is 0.0890 e. The van der Waals surface area contributed by atoms with Crippen LogP contribution in [0.5, 0.6) is 0 Å². The molecule has 0 saturated carbocycles. The summed E-state index contributed by atoms with van der Waals surface area (Å²) in [5.74, 6) is 0. The van der Waals surface area contributed by atoms with E-state index in [9.17, 15) is 0 Å². The SMILES string of the molecule is C/C=C(/C)C[Si](CC)(CC)CC. The van der Waals surface area contributed by atoms with Crippen LogP contribution in [0.2, 0.25) is 24.2 Å². The molecule has 0 rings (SSSR count). The smallest absolute Gasteiger partial charge is 0.0567 e. The monoisotopic (exact) mass is 184 g/mol. The zero-order chi connectivity index (χ0) is 9.61. The van der Waals surface area contributed by atoms with E-state index in [1.165, 1.54) is 24.2 Å². The molecule has 0 saturated heterocycles. The molecule has 0 nitrogen and oxygen atoms in total. The van der Waals surface area contributed by atoms with Crippen LogP contribution in [0.15, 0.2) is 11.6 Å². The molecular weight excluding hydrogens is 160 g/mol. The molecule has 0 aromatic rings. The van der Waals surface area contributed by atoms with Crippen LogP contribution in [-0.2, 0) is 0 Å². The van der Waals surface area contributed by atoms with Crippen molar-refractivity contribution in [1.82, 2.24) is 0 Å². The Kier molecular flexibility index (Phi) is 5.56. The molecule has 12 heavy (non-hydrogen) atoms. The number of hydrogen-bond acceptors (Lipinski definition) is 0. The lowest BCUT2D eigenvalue weighted by Crippen LogP contribution is -2.31. The van der Waals surface area contributed by atoms with Crippen LogP contribution in [0.25, 0.3) is 0 Å². The van der Waals surface area contributed by atoms with Gasteiger partial charge in [0.15, 0.2) is 0 Å². The highest BCUT2D eigenvalue weighted by Crippen LogP contribution is 2.28. The Hall–Kier alpha value is -0.0431. The minimum absolute atomic E-state index is 0.870. The molecule has 0 aromatic heterocycles. The van der Waals surface area contributed by atoms with Crippen LogP contribution in [-0.4, -0.2) is 8.07 Å². The van der Waals surface area contributed by atoms with E-state index < -0.39 is 8.07 Å². The van der Waals surface area contributed by atoms with E-state index in [1.54, 1.807) is 5.57 Å². The maximum absolute atomic E-state index is 2.38. The molecule has 0 bridgehead atoms. The second kappa shape index (κ2) is 5.58. The van der Waals surface area contributed by atoms with E-state index in [-0.39, 0.29) is 0 Å². The van der Waals surface area contributed by atoms with Gasteiger partial charge in [-0.3, -0.25) is 0 Å². The van der Waals surface area contributed by atoms with E-state index >= 15 is 0 Å². The van der Waals surface area contributed by atoms with Crippen LogP contribution in [0.1, 0.15) is 34.6 Å². The fourth-order valence-corrected chi connectivity index (χ4v) is 5.46. The Morgan fingerprint density at radius 3 is 1.75 bits per heavy atom. The Labute approximate surface area is 79.1 Å². The van der Waals surface area contributed by atoms with Gasteiger partial charge in [-0.2, -0.15) is 0 Å².